The molecule has 0 saturated heterocycles. The molecular weight excluding hydrogens is 302 g/mol. The van der Waals surface area contributed by atoms with Crippen LogP contribution in [0.3, 0.4) is 0 Å². The lowest BCUT2D eigenvalue weighted by Gasteiger charge is -2.12. The maximum absolute atomic E-state index is 12.9. The smallest absolute Gasteiger partial charge is 0.226 e. The number of benzene rings is 1. The van der Waals surface area contributed by atoms with E-state index in [1.165, 1.54) is 24.3 Å². The predicted octanol–water partition coefficient (Wildman–Crippen LogP) is 4.07. The van der Waals surface area contributed by atoms with E-state index in [1.54, 1.807) is 0 Å². The molecule has 0 atom stereocenters. The van der Waals surface area contributed by atoms with Gasteiger partial charge in [-0.2, -0.15) is 23.5 Å². The van der Waals surface area contributed by atoms with E-state index in [9.17, 15) is 13.2 Å². The molecule has 98 valence electrons. The van der Waals surface area contributed by atoms with Crippen LogP contribution in [0.5, 0.6) is 0 Å². The SMILES string of the molecule is N#Cc1cnn(-c2ccc(Cl)cc2Cl)c1C(F)(F)F. The van der Waals surface area contributed by atoms with Crippen molar-refractivity contribution in [1.82, 2.24) is 9.78 Å². The van der Waals surface area contributed by atoms with Crippen molar-refractivity contribution in [3.63, 3.8) is 0 Å². The Hall–Kier alpha value is -1.71. The average molecular weight is 306 g/mol. The summed E-state index contributed by atoms with van der Waals surface area (Å²) in [5.74, 6) is 0. The zero-order valence-electron chi connectivity index (χ0n) is 9.04. The minimum atomic E-state index is -4.72. The van der Waals surface area contributed by atoms with Gasteiger partial charge in [0.2, 0.25) is 0 Å². The highest BCUT2D eigenvalue weighted by Gasteiger charge is 2.39. The Morgan fingerprint density at radius 1 is 1.26 bits per heavy atom. The quantitative estimate of drug-likeness (QED) is 0.797. The monoisotopic (exact) mass is 305 g/mol. The Bertz CT molecular complexity index is 671. The summed E-state index contributed by atoms with van der Waals surface area (Å²) in [6.07, 6.45) is -3.88. The van der Waals surface area contributed by atoms with Crippen LogP contribution in [-0.4, -0.2) is 9.78 Å². The molecule has 2 aromatic rings. The summed E-state index contributed by atoms with van der Waals surface area (Å²) in [4.78, 5) is 0. The fraction of sp³-hybridized carbons (Fsp3) is 0.0909. The summed E-state index contributed by atoms with van der Waals surface area (Å²) in [5.41, 5.74) is -1.74. The number of nitriles is 1. The van der Waals surface area contributed by atoms with Crippen molar-refractivity contribution in [1.29, 1.82) is 5.26 Å². The standard InChI is InChI=1S/C11H4Cl2F3N3/c12-7-1-2-9(8(13)3-7)19-10(11(14,15)16)6(4-17)5-18-19/h1-3,5H. The first-order valence-corrected chi connectivity index (χ1v) is 5.61. The molecule has 0 fully saturated rings. The van der Waals surface area contributed by atoms with E-state index in [1.807, 2.05) is 0 Å². The summed E-state index contributed by atoms with van der Waals surface area (Å²) in [6, 6.07) is 5.43. The van der Waals surface area contributed by atoms with Crippen LogP contribution in [0.25, 0.3) is 5.69 Å². The molecule has 0 unspecified atom stereocenters. The summed E-state index contributed by atoms with van der Waals surface area (Å²) in [7, 11) is 0. The molecule has 1 aromatic heterocycles. The Morgan fingerprint density at radius 3 is 2.47 bits per heavy atom. The zero-order chi connectivity index (χ0) is 14.2. The second-order valence-electron chi connectivity index (χ2n) is 3.52. The Labute approximate surface area is 115 Å². The number of rotatable bonds is 1. The number of halogens is 5. The van der Waals surface area contributed by atoms with Gasteiger partial charge < -0.3 is 0 Å². The molecule has 0 saturated carbocycles. The molecule has 0 aliphatic carbocycles. The highest BCUT2D eigenvalue weighted by molar-refractivity contribution is 6.35. The highest BCUT2D eigenvalue weighted by atomic mass is 35.5. The van der Waals surface area contributed by atoms with Crippen molar-refractivity contribution >= 4 is 23.2 Å². The van der Waals surface area contributed by atoms with E-state index in [0.717, 1.165) is 6.20 Å². The van der Waals surface area contributed by atoms with Gasteiger partial charge in [-0.1, -0.05) is 23.2 Å². The Balaban J connectivity index is 2.70. The largest absolute Gasteiger partial charge is 0.434 e. The molecule has 0 aliphatic heterocycles. The van der Waals surface area contributed by atoms with Crippen LogP contribution in [0.4, 0.5) is 13.2 Å². The molecule has 0 amide bonds. The highest BCUT2D eigenvalue weighted by Crippen LogP contribution is 2.35. The summed E-state index contributed by atoms with van der Waals surface area (Å²) in [6.45, 7) is 0. The molecule has 3 nitrogen and oxygen atoms in total. The van der Waals surface area contributed by atoms with Crippen LogP contribution in [0.15, 0.2) is 24.4 Å². The summed E-state index contributed by atoms with van der Waals surface area (Å²) in [5, 5.41) is 12.6. The van der Waals surface area contributed by atoms with E-state index >= 15 is 0 Å². The van der Waals surface area contributed by atoms with Gasteiger partial charge >= 0.3 is 6.18 Å². The first-order chi connectivity index (χ1) is 8.84. The first kappa shape index (κ1) is 13.7. The normalized spacial score (nSPS) is 11.4. The molecule has 0 bridgehead atoms. The molecule has 8 heteroatoms. The zero-order valence-corrected chi connectivity index (χ0v) is 10.6. The van der Waals surface area contributed by atoms with Crippen LogP contribution in [0.2, 0.25) is 10.0 Å². The van der Waals surface area contributed by atoms with Crippen molar-refractivity contribution < 1.29 is 13.2 Å². The van der Waals surface area contributed by atoms with E-state index in [2.05, 4.69) is 5.10 Å². The van der Waals surface area contributed by atoms with Crippen molar-refractivity contribution in [2.75, 3.05) is 0 Å². The molecule has 1 heterocycles. The molecule has 19 heavy (non-hydrogen) atoms. The predicted molar refractivity (Wildman–Crippen MR) is 63.3 cm³/mol. The molecule has 0 aliphatic rings. The van der Waals surface area contributed by atoms with Gasteiger partial charge in [-0.05, 0) is 18.2 Å². The van der Waals surface area contributed by atoms with Gasteiger partial charge in [0.25, 0.3) is 0 Å². The van der Waals surface area contributed by atoms with Gasteiger partial charge in [0, 0.05) is 5.02 Å². The van der Waals surface area contributed by atoms with Crippen LogP contribution in [-0.2, 0) is 6.18 Å². The molecule has 1 aromatic carbocycles. The third kappa shape index (κ3) is 2.53. The van der Waals surface area contributed by atoms with Crippen LogP contribution < -0.4 is 0 Å². The number of nitrogens with zero attached hydrogens (tertiary/aromatic N) is 3. The molecule has 0 spiro atoms. The average Bonchev–Trinajstić information content (AvgIpc) is 2.72. The summed E-state index contributed by atoms with van der Waals surface area (Å²) < 4.78 is 39.4. The van der Waals surface area contributed by atoms with Gasteiger partial charge in [0.1, 0.15) is 11.6 Å². The number of hydrogen-bond acceptors (Lipinski definition) is 2. The van der Waals surface area contributed by atoms with Gasteiger partial charge in [-0.25, -0.2) is 4.68 Å². The van der Waals surface area contributed by atoms with Gasteiger partial charge in [-0.3, -0.25) is 0 Å². The fourth-order valence-electron chi connectivity index (χ4n) is 1.54. The van der Waals surface area contributed by atoms with Crippen LogP contribution in [0.1, 0.15) is 11.3 Å². The minimum Gasteiger partial charge on any atom is -0.226 e. The fourth-order valence-corrected chi connectivity index (χ4v) is 2.03. The minimum absolute atomic E-state index is 0.000100. The lowest BCUT2D eigenvalue weighted by Crippen LogP contribution is -2.15. The molecule has 0 N–H and O–H groups in total. The van der Waals surface area contributed by atoms with Gasteiger partial charge in [0.15, 0.2) is 5.69 Å². The van der Waals surface area contributed by atoms with E-state index in [4.69, 9.17) is 28.5 Å². The maximum atomic E-state index is 12.9. The molecule has 0 radical (unpaired) electrons. The first-order valence-electron chi connectivity index (χ1n) is 4.85. The van der Waals surface area contributed by atoms with Crippen molar-refractivity contribution in [2.45, 2.75) is 6.18 Å². The van der Waals surface area contributed by atoms with Gasteiger partial charge in [-0.15, -0.1) is 0 Å². The third-order valence-corrected chi connectivity index (χ3v) is 2.83. The van der Waals surface area contributed by atoms with E-state index in [-0.39, 0.29) is 15.7 Å². The number of alkyl halides is 3. The van der Waals surface area contributed by atoms with E-state index < -0.39 is 17.4 Å². The Kier molecular flexibility index (Phi) is 3.43. The second-order valence-corrected chi connectivity index (χ2v) is 4.37. The molecular formula is C11H4Cl2F3N3. The molecule has 2 rings (SSSR count). The van der Waals surface area contributed by atoms with Crippen molar-refractivity contribution in [3.8, 4) is 11.8 Å². The van der Waals surface area contributed by atoms with Crippen LogP contribution in [0, 0.1) is 11.3 Å². The third-order valence-electron chi connectivity index (χ3n) is 2.30. The summed E-state index contributed by atoms with van der Waals surface area (Å²) >= 11 is 11.5. The van der Waals surface area contributed by atoms with Crippen molar-refractivity contribution in [3.05, 3.63) is 45.7 Å². The number of aromatic nitrogens is 2. The van der Waals surface area contributed by atoms with E-state index in [0.29, 0.717) is 4.68 Å². The maximum Gasteiger partial charge on any atom is 0.434 e. The second kappa shape index (κ2) is 4.76. The van der Waals surface area contributed by atoms with Crippen molar-refractivity contribution in [2.24, 2.45) is 0 Å². The number of hydrogen-bond donors (Lipinski definition) is 0. The topological polar surface area (TPSA) is 41.6 Å². The lowest BCUT2D eigenvalue weighted by molar-refractivity contribution is -0.143. The lowest BCUT2D eigenvalue weighted by atomic mass is 10.2. The Morgan fingerprint density at radius 2 is 1.95 bits per heavy atom. The van der Waals surface area contributed by atoms with Gasteiger partial charge in [0.05, 0.1) is 16.9 Å². The van der Waals surface area contributed by atoms with Crippen LogP contribution >= 0.6 is 23.2 Å².